The molecule has 108 valence electrons. The molecule has 0 unspecified atom stereocenters. The average molecular weight is 278 g/mol. The number of carbonyl (C=O) groups excluding carboxylic acids is 1. The Bertz CT molecular complexity index is 663. The van der Waals surface area contributed by atoms with E-state index in [0.29, 0.717) is 29.0 Å². The number of hydrogen-bond acceptors (Lipinski definition) is 6. The number of aryl methyl sites for hydroxylation is 3. The van der Waals surface area contributed by atoms with Gasteiger partial charge in [-0.15, -0.1) is 0 Å². The van der Waals surface area contributed by atoms with Gasteiger partial charge in [-0.25, -0.2) is 14.5 Å². The smallest absolute Gasteiger partial charge is 0.434 e. The summed E-state index contributed by atoms with van der Waals surface area (Å²) in [7, 11) is 0. The molecule has 0 saturated carbocycles. The highest BCUT2D eigenvalue weighted by atomic mass is 16.7. The van der Waals surface area contributed by atoms with Crippen LogP contribution < -0.4 is 10.5 Å². The Morgan fingerprint density at radius 2 is 2.00 bits per heavy atom. The van der Waals surface area contributed by atoms with Crippen LogP contribution in [-0.2, 0) is 11.3 Å². The number of pyridine rings is 1. The predicted molar refractivity (Wildman–Crippen MR) is 74.7 cm³/mol. The van der Waals surface area contributed by atoms with Crippen LogP contribution in [0.1, 0.15) is 25.2 Å². The van der Waals surface area contributed by atoms with Crippen molar-refractivity contribution < 1.29 is 14.3 Å². The van der Waals surface area contributed by atoms with E-state index in [1.165, 1.54) is 0 Å². The molecule has 0 aliphatic carbocycles. The molecule has 20 heavy (non-hydrogen) atoms. The highest BCUT2D eigenvalue weighted by Gasteiger charge is 2.20. The largest absolute Gasteiger partial charge is 0.513 e. The predicted octanol–water partition coefficient (Wildman–Crippen LogP) is 2.19. The molecule has 0 radical (unpaired) electrons. The molecule has 0 aliphatic heterocycles. The van der Waals surface area contributed by atoms with E-state index < -0.39 is 6.16 Å². The Hall–Kier alpha value is -2.31. The van der Waals surface area contributed by atoms with Crippen molar-refractivity contribution in [2.75, 3.05) is 12.3 Å². The first-order valence-corrected chi connectivity index (χ1v) is 6.47. The van der Waals surface area contributed by atoms with E-state index in [1.807, 2.05) is 13.8 Å². The minimum Gasteiger partial charge on any atom is -0.434 e. The first-order chi connectivity index (χ1) is 9.49. The summed E-state index contributed by atoms with van der Waals surface area (Å²) in [5.41, 5.74) is 8.43. The molecule has 7 heteroatoms. The molecule has 0 bridgehead atoms. The van der Waals surface area contributed by atoms with E-state index in [4.69, 9.17) is 15.2 Å². The zero-order valence-electron chi connectivity index (χ0n) is 12.1. The highest BCUT2D eigenvalue weighted by Crippen LogP contribution is 2.34. The summed E-state index contributed by atoms with van der Waals surface area (Å²) in [6.45, 7) is 8.17. The van der Waals surface area contributed by atoms with Crippen molar-refractivity contribution in [1.82, 2.24) is 14.8 Å². The minimum atomic E-state index is -0.788. The number of fused-ring (bicyclic) bond motifs is 1. The van der Waals surface area contributed by atoms with Gasteiger partial charge in [-0.05, 0) is 27.7 Å². The van der Waals surface area contributed by atoms with E-state index in [2.05, 4.69) is 10.1 Å². The number of anilines is 1. The Kier molecular flexibility index (Phi) is 3.78. The molecule has 2 aromatic rings. The van der Waals surface area contributed by atoms with Gasteiger partial charge in [0.2, 0.25) is 0 Å². The van der Waals surface area contributed by atoms with Gasteiger partial charge in [0.1, 0.15) is 0 Å². The van der Waals surface area contributed by atoms with Gasteiger partial charge in [-0.3, -0.25) is 0 Å². The summed E-state index contributed by atoms with van der Waals surface area (Å²) >= 11 is 0. The lowest BCUT2D eigenvalue weighted by molar-refractivity contribution is 0.104. The lowest BCUT2D eigenvalue weighted by Crippen LogP contribution is -2.13. The molecule has 0 atom stereocenters. The average Bonchev–Trinajstić information content (AvgIpc) is 2.71. The summed E-state index contributed by atoms with van der Waals surface area (Å²) in [5.74, 6) is 0.231. The SMILES string of the molecule is CCOC(=O)Oc1c(C)nc2c(c(C)nn2CC)c1N. The van der Waals surface area contributed by atoms with Gasteiger partial charge in [-0.1, -0.05) is 0 Å². The van der Waals surface area contributed by atoms with Gasteiger partial charge in [0.05, 0.1) is 29.1 Å². The van der Waals surface area contributed by atoms with E-state index in [0.717, 1.165) is 5.69 Å². The Morgan fingerprint density at radius 3 is 2.60 bits per heavy atom. The summed E-state index contributed by atoms with van der Waals surface area (Å²) in [4.78, 5) is 15.9. The highest BCUT2D eigenvalue weighted by molar-refractivity contribution is 5.94. The molecular formula is C13H18N4O3. The first-order valence-electron chi connectivity index (χ1n) is 6.47. The zero-order chi connectivity index (χ0) is 14.9. The van der Waals surface area contributed by atoms with Crippen molar-refractivity contribution in [3.63, 3.8) is 0 Å². The van der Waals surface area contributed by atoms with Crippen molar-refractivity contribution in [2.45, 2.75) is 34.2 Å². The molecule has 2 rings (SSSR count). The number of hydrogen-bond donors (Lipinski definition) is 1. The molecule has 2 aromatic heterocycles. The molecule has 0 fully saturated rings. The summed E-state index contributed by atoms with van der Waals surface area (Å²) in [6.07, 6.45) is -0.788. The van der Waals surface area contributed by atoms with Crippen molar-refractivity contribution >= 4 is 22.9 Å². The maximum atomic E-state index is 11.5. The van der Waals surface area contributed by atoms with Gasteiger partial charge in [0.15, 0.2) is 11.4 Å². The summed E-state index contributed by atoms with van der Waals surface area (Å²) in [5, 5.41) is 5.07. The van der Waals surface area contributed by atoms with Crippen LogP contribution in [0.5, 0.6) is 5.75 Å². The van der Waals surface area contributed by atoms with Crippen LogP contribution in [0.2, 0.25) is 0 Å². The standard InChI is InChI=1S/C13H18N4O3/c1-5-17-12-9(7(3)16-17)10(14)11(8(4)15-12)20-13(18)19-6-2/h5-6H2,1-4H3,(H2,14,15). The maximum absolute atomic E-state index is 11.5. The van der Waals surface area contributed by atoms with Crippen molar-refractivity contribution in [1.29, 1.82) is 0 Å². The third-order valence-electron chi connectivity index (χ3n) is 2.96. The van der Waals surface area contributed by atoms with Crippen molar-refractivity contribution in [2.24, 2.45) is 0 Å². The second-order valence-corrected chi connectivity index (χ2v) is 4.32. The number of nitrogen functional groups attached to an aromatic ring is 1. The number of rotatable bonds is 3. The fraction of sp³-hybridized carbons (Fsp3) is 0.462. The van der Waals surface area contributed by atoms with Crippen LogP contribution in [0.25, 0.3) is 11.0 Å². The summed E-state index contributed by atoms with van der Waals surface area (Å²) in [6, 6.07) is 0. The van der Waals surface area contributed by atoms with Gasteiger partial charge in [0, 0.05) is 6.54 Å². The topological polar surface area (TPSA) is 92.3 Å². The second-order valence-electron chi connectivity index (χ2n) is 4.32. The van der Waals surface area contributed by atoms with Gasteiger partial charge in [0.25, 0.3) is 0 Å². The molecule has 2 heterocycles. The van der Waals surface area contributed by atoms with Crippen molar-refractivity contribution in [3.05, 3.63) is 11.4 Å². The molecule has 0 spiro atoms. The van der Waals surface area contributed by atoms with Crippen molar-refractivity contribution in [3.8, 4) is 5.75 Å². The molecule has 0 saturated heterocycles. The lowest BCUT2D eigenvalue weighted by atomic mass is 10.2. The lowest BCUT2D eigenvalue weighted by Gasteiger charge is -2.10. The number of nitrogens with zero attached hydrogens (tertiary/aromatic N) is 3. The number of nitrogens with two attached hydrogens (primary N) is 1. The molecule has 0 aromatic carbocycles. The van der Waals surface area contributed by atoms with Crippen LogP contribution in [0.4, 0.5) is 10.5 Å². The van der Waals surface area contributed by atoms with Crippen LogP contribution >= 0.6 is 0 Å². The van der Waals surface area contributed by atoms with Gasteiger partial charge < -0.3 is 15.2 Å². The van der Waals surface area contributed by atoms with E-state index >= 15 is 0 Å². The third-order valence-corrected chi connectivity index (χ3v) is 2.96. The molecule has 7 nitrogen and oxygen atoms in total. The van der Waals surface area contributed by atoms with Gasteiger partial charge in [-0.2, -0.15) is 5.10 Å². The maximum Gasteiger partial charge on any atom is 0.513 e. The first kappa shape index (κ1) is 14.1. The fourth-order valence-electron chi connectivity index (χ4n) is 2.10. The quantitative estimate of drug-likeness (QED) is 0.865. The Labute approximate surface area is 116 Å². The van der Waals surface area contributed by atoms with E-state index in [9.17, 15) is 4.79 Å². The minimum absolute atomic E-state index is 0.231. The number of aromatic nitrogens is 3. The molecular weight excluding hydrogens is 260 g/mol. The Morgan fingerprint density at radius 1 is 1.30 bits per heavy atom. The molecule has 0 aliphatic rings. The number of ether oxygens (including phenoxy) is 2. The molecule has 0 amide bonds. The molecule has 2 N–H and O–H groups in total. The normalized spacial score (nSPS) is 10.8. The Balaban J connectivity index is 2.57. The fourth-order valence-corrected chi connectivity index (χ4v) is 2.10. The van der Waals surface area contributed by atoms with Crippen LogP contribution in [0, 0.1) is 13.8 Å². The number of carbonyl (C=O) groups is 1. The van der Waals surface area contributed by atoms with Crippen LogP contribution in [-0.4, -0.2) is 27.5 Å². The zero-order valence-corrected chi connectivity index (χ0v) is 12.1. The van der Waals surface area contributed by atoms with Crippen LogP contribution in [0.3, 0.4) is 0 Å². The van der Waals surface area contributed by atoms with Gasteiger partial charge >= 0.3 is 6.16 Å². The van der Waals surface area contributed by atoms with E-state index in [1.54, 1.807) is 18.5 Å². The van der Waals surface area contributed by atoms with Crippen LogP contribution in [0.15, 0.2) is 0 Å². The van der Waals surface area contributed by atoms with E-state index in [-0.39, 0.29) is 12.4 Å². The monoisotopic (exact) mass is 278 g/mol. The third kappa shape index (κ3) is 2.26. The summed E-state index contributed by atoms with van der Waals surface area (Å²) < 4.78 is 11.7. The second kappa shape index (κ2) is 5.36.